The van der Waals surface area contributed by atoms with Crippen LogP contribution in [0, 0.1) is 0 Å². The van der Waals surface area contributed by atoms with Crippen LogP contribution in [-0.4, -0.2) is 32.6 Å². The van der Waals surface area contributed by atoms with E-state index in [9.17, 15) is 4.79 Å². The molecule has 1 atom stereocenters. The highest BCUT2D eigenvalue weighted by Crippen LogP contribution is 2.26. The van der Waals surface area contributed by atoms with Crippen molar-refractivity contribution in [1.82, 2.24) is 20.2 Å². The maximum Gasteiger partial charge on any atom is 0.230 e. The molecule has 0 radical (unpaired) electrons. The van der Waals surface area contributed by atoms with Gasteiger partial charge in [-0.1, -0.05) is 87.1 Å². The number of nitrogens with one attached hydrogen (secondary N) is 1. The number of nitrogens with two attached hydrogens (primary N) is 1. The number of carbonyl (C=O) groups is 1. The largest absolute Gasteiger partial charge is 0.353 e. The zero-order valence-electron chi connectivity index (χ0n) is 18.6. The van der Waals surface area contributed by atoms with E-state index in [0.717, 1.165) is 18.4 Å². The second kappa shape index (κ2) is 10.0. The fourth-order valence-electron chi connectivity index (χ4n) is 3.24. The number of carbonyl (C=O) groups excluding carboxylic acids is 1. The molecular formula is C24H31N5OS. The van der Waals surface area contributed by atoms with Crippen molar-refractivity contribution in [3.63, 3.8) is 0 Å². The SMILES string of the molecule is C[C@@H](CCc1ccccc1)NC(=O)CSc1nnc(-c2ccc(C(C)(C)C)cc2)n1N. The minimum absolute atomic E-state index is 0.0374. The van der Waals surface area contributed by atoms with E-state index in [4.69, 9.17) is 5.84 Å². The smallest absolute Gasteiger partial charge is 0.230 e. The van der Waals surface area contributed by atoms with E-state index < -0.39 is 0 Å². The van der Waals surface area contributed by atoms with Crippen LogP contribution >= 0.6 is 11.8 Å². The highest BCUT2D eigenvalue weighted by Gasteiger charge is 2.17. The van der Waals surface area contributed by atoms with Gasteiger partial charge in [0.1, 0.15) is 0 Å². The summed E-state index contributed by atoms with van der Waals surface area (Å²) in [4.78, 5) is 12.3. The second-order valence-corrected chi connectivity index (χ2v) is 9.73. The van der Waals surface area contributed by atoms with E-state index in [1.807, 2.05) is 37.3 Å². The molecule has 1 aromatic heterocycles. The molecule has 1 amide bonds. The van der Waals surface area contributed by atoms with Gasteiger partial charge in [-0.2, -0.15) is 0 Å². The number of amides is 1. The van der Waals surface area contributed by atoms with Gasteiger partial charge in [0, 0.05) is 11.6 Å². The van der Waals surface area contributed by atoms with E-state index in [-0.39, 0.29) is 23.1 Å². The number of benzene rings is 2. The zero-order valence-corrected chi connectivity index (χ0v) is 19.4. The first-order valence-corrected chi connectivity index (χ1v) is 11.5. The molecule has 2 aromatic carbocycles. The minimum atomic E-state index is -0.0374. The summed E-state index contributed by atoms with van der Waals surface area (Å²) < 4.78 is 1.45. The summed E-state index contributed by atoms with van der Waals surface area (Å²) in [5.74, 6) is 6.99. The Morgan fingerprint density at radius 1 is 1.10 bits per heavy atom. The third-order valence-corrected chi connectivity index (χ3v) is 6.07. The summed E-state index contributed by atoms with van der Waals surface area (Å²) in [5.41, 5.74) is 3.50. The average molecular weight is 438 g/mol. The van der Waals surface area contributed by atoms with Gasteiger partial charge in [0.2, 0.25) is 11.1 Å². The molecule has 0 fully saturated rings. The van der Waals surface area contributed by atoms with Gasteiger partial charge in [0.25, 0.3) is 0 Å². The molecule has 0 spiro atoms. The number of nitrogens with zero attached hydrogens (tertiary/aromatic N) is 3. The van der Waals surface area contributed by atoms with Crippen LogP contribution in [0.3, 0.4) is 0 Å². The van der Waals surface area contributed by atoms with Crippen molar-refractivity contribution in [2.75, 3.05) is 11.6 Å². The fourth-order valence-corrected chi connectivity index (χ4v) is 3.91. The second-order valence-electron chi connectivity index (χ2n) is 8.79. The third kappa shape index (κ3) is 6.34. The Kier molecular flexibility index (Phi) is 7.38. The van der Waals surface area contributed by atoms with Crippen molar-refractivity contribution >= 4 is 17.7 Å². The van der Waals surface area contributed by atoms with Gasteiger partial charge in [-0.25, -0.2) is 4.68 Å². The minimum Gasteiger partial charge on any atom is -0.353 e. The molecule has 0 aliphatic rings. The van der Waals surface area contributed by atoms with Crippen LogP contribution < -0.4 is 11.2 Å². The van der Waals surface area contributed by atoms with E-state index in [2.05, 4.69) is 60.6 Å². The highest BCUT2D eigenvalue weighted by molar-refractivity contribution is 7.99. The Balaban J connectivity index is 1.52. The Morgan fingerprint density at radius 3 is 2.42 bits per heavy atom. The molecule has 0 saturated heterocycles. The zero-order chi connectivity index (χ0) is 22.4. The summed E-state index contributed by atoms with van der Waals surface area (Å²) in [5, 5.41) is 11.9. The summed E-state index contributed by atoms with van der Waals surface area (Å²) in [6.07, 6.45) is 1.83. The van der Waals surface area contributed by atoms with Crippen molar-refractivity contribution in [2.45, 2.75) is 57.1 Å². The van der Waals surface area contributed by atoms with Crippen LogP contribution in [0.15, 0.2) is 59.8 Å². The summed E-state index contributed by atoms with van der Waals surface area (Å²) in [6, 6.07) is 18.6. The first-order chi connectivity index (χ1) is 14.7. The van der Waals surface area contributed by atoms with Crippen molar-refractivity contribution in [1.29, 1.82) is 0 Å². The van der Waals surface area contributed by atoms with Crippen LogP contribution in [0.25, 0.3) is 11.4 Å². The first kappa shape index (κ1) is 22.9. The molecule has 0 bridgehead atoms. The average Bonchev–Trinajstić information content (AvgIpc) is 3.11. The maximum absolute atomic E-state index is 12.3. The van der Waals surface area contributed by atoms with Crippen molar-refractivity contribution in [2.24, 2.45) is 0 Å². The molecule has 1 heterocycles. The monoisotopic (exact) mass is 437 g/mol. The van der Waals surface area contributed by atoms with Crippen LogP contribution in [-0.2, 0) is 16.6 Å². The molecule has 0 saturated carbocycles. The van der Waals surface area contributed by atoms with E-state index in [0.29, 0.717) is 11.0 Å². The molecule has 7 heteroatoms. The third-order valence-electron chi connectivity index (χ3n) is 5.12. The van der Waals surface area contributed by atoms with Gasteiger partial charge in [0.05, 0.1) is 5.75 Å². The maximum atomic E-state index is 12.3. The molecule has 0 aliphatic carbocycles. The number of nitrogen functional groups attached to an aromatic ring is 1. The van der Waals surface area contributed by atoms with Gasteiger partial charge < -0.3 is 11.2 Å². The molecule has 0 aliphatic heterocycles. The molecule has 3 rings (SSSR count). The van der Waals surface area contributed by atoms with E-state index in [1.54, 1.807) is 0 Å². The van der Waals surface area contributed by atoms with E-state index >= 15 is 0 Å². The lowest BCUT2D eigenvalue weighted by molar-refractivity contribution is -0.119. The Hall–Kier alpha value is -2.80. The van der Waals surface area contributed by atoms with Crippen LogP contribution in [0.2, 0.25) is 0 Å². The molecule has 0 unspecified atom stereocenters. The molecule has 164 valence electrons. The lowest BCUT2D eigenvalue weighted by Gasteiger charge is -2.19. The predicted octanol–water partition coefficient (Wildman–Crippen LogP) is 4.19. The first-order valence-electron chi connectivity index (χ1n) is 10.5. The van der Waals surface area contributed by atoms with Crippen LogP contribution in [0.5, 0.6) is 0 Å². The Morgan fingerprint density at radius 2 is 1.77 bits per heavy atom. The standard InChI is InChI=1S/C24H31N5OS/c1-17(10-11-18-8-6-5-7-9-18)26-21(30)16-31-23-28-27-22(29(23)25)19-12-14-20(15-13-19)24(2,3)4/h5-9,12-15,17H,10-11,16,25H2,1-4H3,(H,26,30)/t17-/m0/s1. The summed E-state index contributed by atoms with van der Waals surface area (Å²) in [7, 11) is 0. The number of rotatable bonds is 8. The topological polar surface area (TPSA) is 85.8 Å². The Labute approximate surface area is 188 Å². The van der Waals surface area contributed by atoms with Gasteiger partial charge in [-0.05, 0) is 36.3 Å². The summed E-state index contributed by atoms with van der Waals surface area (Å²) in [6.45, 7) is 8.55. The molecule has 31 heavy (non-hydrogen) atoms. The van der Waals surface area contributed by atoms with Crippen LogP contribution in [0.1, 0.15) is 45.2 Å². The fraction of sp³-hybridized carbons (Fsp3) is 0.375. The van der Waals surface area contributed by atoms with Crippen molar-refractivity contribution < 1.29 is 4.79 Å². The molecule has 3 aromatic rings. The van der Waals surface area contributed by atoms with E-state index in [1.165, 1.54) is 27.6 Å². The molecule has 6 nitrogen and oxygen atoms in total. The van der Waals surface area contributed by atoms with Crippen molar-refractivity contribution in [3.05, 3.63) is 65.7 Å². The van der Waals surface area contributed by atoms with Gasteiger partial charge in [0.15, 0.2) is 5.82 Å². The summed E-state index contributed by atoms with van der Waals surface area (Å²) >= 11 is 1.29. The van der Waals surface area contributed by atoms with Crippen LogP contribution in [0.4, 0.5) is 0 Å². The predicted molar refractivity (Wildman–Crippen MR) is 127 cm³/mol. The van der Waals surface area contributed by atoms with Gasteiger partial charge in [-0.3, -0.25) is 4.79 Å². The molecular weight excluding hydrogens is 406 g/mol. The molecule has 3 N–H and O–H groups in total. The van der Waals surface area contributed by atoms with Gasteiger partial charge >= 0.3 is 0 Å². The number of hydrogen-bond acceptors (Lipinski definition) is 5. The number of thioether (sulfide) groups is 1. The Bertz CT molecular complexity index is 993. The number of aryl methyl sites for hydroxylation is 1. The number of aromatic nitrogens is 3. The highest BCUT2D eigenvalue weighted by atomic mass is 32.2. The normalized spacial score (nSPS) is 12.5. The quantitative estimate of drug-likeness (QED) is 0.408. The lowest BCUT2D eigenvalue weighted by Crippen LogP contribution is -2.34. The van der Waals surface area contributed by atoms with Gasteiger partial charge in [-0.15, -0.1) is 10.2 Å². The van der Waals surface area contributed by atoms with Crippen molar-refractivity contribution in [3.8, 4) is 11.4 Å². The number of hydrogen-bond donors (Lipinski definition) is 2. The lowest BCUT2D eigenvalue weighted by atomic mass is 9.87.